The molecule has 0 aliphatic rings. The molecule has 0 fully saturated rings. The Labute approximate surface area is 136 Å². The monoisotopic (exact) mass is 329 g/mol. The van der Waals surface area contributed by atoms with E-state index in [1.165, 1.54) is 5.39 Å². The predicted octanol–water partition coefficient (Wildman–Crippen LogP) is 3.93. The maximum absolute atomic E-state index is 5.93. The number of aromatic nitrogens is 2. The van der Waals surface area contributed by atoms with Crippen LogP contribution in [0.5, 0.6) is 0 Å². The third kappa shape index (κ3) is 3.18. The zero-order chi connectivity index (χ0) is 13.4. The van der Waals surface area contributed by atoms with Crippen molar-refractivity contribution in [2.45, 2.75) is 39.3 Å². The molecule has 0 spiro atoms. The number of hydrogen-bond acceptors (Lipinski definition) is 3. The van der Waals surface area contributed by atoms with E-state index in [1.807, 2.05) is 23.7 Å². The Morgan fingerprint density at radius 3 is 2.67 bits per heavy atom. The van der Waals surface area contributed by atoms with Crippen LogP contribution in [0.1, 0.15) is 26.0 Å². The number of aryl methyl sites for hydroxylation is 1. The van der Waals surface area contributed by atoms with E-state index in [2.05, 4.69) is 13.0 Å². The normalized spacial score (nSPS) is 12.1. The highest BCUT2D eigenvalue weighted by molar-refractivity contribution is 6.04. The maximum Gasteiger partial charge on any atom is 0.136 e. The molecule has 2 N–H and O–H groups in total. The third-order valence-electron chi connectivity index (χ3n) is 3.36. The van der Waals surface area contributed by atoms with E-state index in [4.69, 9.17) is 15.2 Å². The van der Waals surface area contributed by atoms with Crippen molar-refractivity contribution < 1.29 is 4.42 Å². The van der Waals surface area contributed by atoms with E-state index in [9.17, 15) is 0 Å². The van der Waals surface area contributed by atoms with E-state index < -0.39 is 0 Å². The molecule has 1 aromatic carbocycles. The molecule has 2 aromatic heterocycles. The van der Waals surface area contributed by atoms with E-state index in [0.29, 0.717) is 0 Å². The van der Waals surface area contributed by atoms with E-state index in [1.54, 1.807) is 6.26 Å². The fourth-order valence-electron chi connectivity index (χ4n) is 2.62. The first-order chi connectivity index (χ1) is 9.20. The van der Waals surface area contributed by atoms with Crippen molar-refractivity contribution in [1.82, 2.24) is 9.78 Å². The van der Waals surface area contributed by atoms with Crippen molar-refractivity contribution in [3.63, 3.8) is 0 Å². The smallest absolute Gasteiger partial charge is 0.136 e. The maximum atomic E-state index is 5.93. The van der Waals surface area contributed by atoms with Gasteiger partial charge in [-0.25, -0.2) is 0 Å². The second-order valence-corrected chi connectivity index (χ2v) is 5.15. The molecule has 0 amide bonds. The Bertz CT molecular complexity index is 718. The highest BCUT2D eigenvalue weighted by atomic mass is 35.5. The lowest BCUT2D eigenvalue weighted by Gasteiger charge is -2.06. The van der Waals surface area contributed by atoms with Crippen LogP contribution in [-0.2, 0) is 13.0 Å². The number of rotatable bonds is 4. The third-order valence-corrected chi connectivity index (χ3v) is 3.36. The van der Waals surface area contributed by atoms with E-state index >= 15 is 0 Å². The molecule has 0 aliphatic heterocycles. The Morgan fingerprint density at radius 2 is 2.00 bits per heavy atom. The molecule has 6 heteroatoms. The number of benzene rings is 1. The summed E-state index contributed by atoms with van der Waals surface area (Å²) in [4.78, 5) is 0. The fourth-order valence-corrected chi connectivity index (χ4v) is 2.62. The zero-order valence-corrected chi connectivity index (χ0v) is 13.8. The molecular weight excluding hydrogens is 309 g/mol. The summed E-state index contributed by atoms with van der Waals surface area (Å²) < 4.78 is 7.51. The topological polar surface area (TPSA) is 57.0 Å². The second-order valence-electron chi connectivity index (χ2n) is 5.15. The molecule has 0 saturated carbocycles. The van der Waals surface area contributed by atoms with Crippen LogP contribution in [0.2, 0.25) is 0 Å². The molecular formula is C15H21Cl2N3O. The molecule has 4 nitrogen and oxygen atoms in total. The van der Waals surface area contributed by atoms with Gasteiger partial charge in [0.2, 0.25) is 0 Å². The van der Waals surface area contributed by atoms with Crippen LogP contribution in [0.15, 0.2) is 28.9 Å². The summed E-state index contributed by atoms with van der Waals surface area (Å²) in [7, 11) is 0. The lowest BCUT2D eigenvalue weighted by molar-refractivity contribution is 0.547. The van der Waals surface area contributed by atoms with Crippen LogP contribution < -0.4 is 5.73 Å². The van der Waals surface area contributed by atoms with E-state index in [0.717, 1.165) is 41.6 Å². The summed E-state index contributed by atoms with van der Waals surface area (Å²) in [6.45, 7) is 4.90. The highest BCUT2D eigenvalue weighted by Crippen LogP contribution is 2.29. The number of nitrogens with two attached hydrogens (primary N) is 1. The van der Waals surface area contributed by atoms with Gasteiger partial charge >= 0.3 is 0 Å². The minimum atomic E-state index is 0. The SMILES string of the molecule is CCCc1nn(C[C@H](C)N)c2c1ccc1occc12.Cl.Cl. The molecule has 3 rings (SSSR count). The summed E-state index contributed by atoms with van der Waals surface area (Å²) in [5, 5.41) is 7.08. The summed E-state index contributed by atoms with van der Waals surface area (Å²) in [5.74, 6) is 0. The summed E-state index contributed by atoms with van der Waals surface area (Å²) in [6, 6.07) is 6.22. The fraction of sp³-hybridized carbons (Fsp3) is 0.400. The molecule has 21 heavy (non-hydrogen) atoms. The minimum Gasteiger partial charge on any atom is -0.464 e. The van der Waals surface area contributed by atoms with Gasteiger partial charge in [-0.2, -0.15) is 5.10 Å². The first-order valence-electron chi connectivity index (χ1n) is 6.82. The largest absolute Gasteiger partial charge is 0.464 e. The van der Waals surface area contributed by atoms with Crippen LogP contribution in [0, 0.1) is 0 Å². The summed E-state index contributed by atoms with van der Waals surface area (Å²) >= 11 is 0. The summed E-state index contributed by atoms with van der Waals surface area (Å²) in [5.41, 5.74) is 9.14. The van der Waals surface area contributed by atoms with E-state index in [-0.39, 0.29) is 30.9 Å². The zero-order valence-electron chi connectivity index (χ0n) is 12.2. The molecule has 1 atom stereocenters. The highest BCUT2D eigenvalue weighted by Gasteiger charge is 2.14. The average molecular weight is 330 g/mol. The Kier molecular flexibility index (Phi) is 6.08. The van der Waals surface area contributed by atoms with Crippen LogP contribution in [0.25, 0.3) is 21.9 Å². The lowest BCUT2D eigenvalue weighted by Crippen LogP contribution is -2.22. The van der Waals surface area contributed by atoms with Crippen molar-refractivity contribution in [2.24, 2.45) is 5.73 Å². The van der Waals surface area contributed by atoms with Gasteiger partial charge in [0.25, 0.3) is 0 Å². The Hall–Kier alpha value is -1.23. The van der Waals surface area contributed by atoms with Gasteiger partial charge in [-0.1, -0.05) is 13.3 Å². The van der Waals surface area contributed by atoms with Crippen molar-refractivity contribution >= 4 is 46.7 Å². The molecule has 0 unspecified atom stereocenters. The molecule has 2 heterocycles. The van der Waals surface area contributed by atoms with Crippen molar-refractivity contribution in [3.8, 4) is 0 Å². The minimum absolute atomic E-state index is 0. The molecule has 0 aliphatic carbocycles. The quantitative estimate of drug-likeness (QED) is 0.789. The van der Waals surface area contributed by atoms with Crippen molar-refractivity contribution in [2.75, 3.05) is 0 Å². The lowest BCUT2D eigenvalue weighted by atomic mass is 10.1. The molecule has 3 aromatic rings. The number of hydrogen-bond donors (Lipinski definition) is 1. The van der Waals surface area contributed by atoms with Crippen molar-refractivity contribution in [3.05, 3.63) is 30.2 Å². The summed E-state index contributed by atoms with van der Waals surface area (Å²) in [6.07, 6.45) is 3.81. The number of halogens is 2. The Morgan fingerprint density at radius 1 is 1.24 bits per heavy atom. The second kappa shape index (κ2) is 7.16. The predicted molar refractivity (Wildman–Crippen MR) is 91.6 cm³/mol. The number of fused-ring (bicyclic) bond motifs is 3. The van der Waals surface area contributed by atoms with Gasteiger partial charge in [0.1, 0.15) is 5.58 Å². The van der Waals surface area contributed by atoms with Crippen LogP contribution in [-0.4, -0.2) is 15.8 Å². The van der Waals surface area contributed by atoms with Crippen LogP contribution in [0.4, 0.5) is 0 Å². The number of nitrogens with zero attached hydrogens (tertiary/aromatic N) is 2. The van der Waals surface area contributed by atoms with Gasteiger partial charge in [-0.3, -0.25) is 4.68 Å². The molecule has 0 bridgehead atoms. The molecule has 0 radical (unpaired) electrons. The van der Waals surface area contributed by atoms with Gasteiger partial charge < -0.3 is 10.2 Å². The average Bonchev–Trinajstić information content (AvgIpc) is 2.94. The standard InChI is InChI=1S/C15H19N3O.2ClH/c1-3-4-13-11-5-6-14-12(7-8-19-14)15(11)18(17-13)9-10(2)16;;/h5-8,10H,3-4,9,16H2,1-2H3;2*1H/t10-;;/m0../s1. The van der Waals surface area contributed by atoms with Crippen LogP contribution >= 0.6 is 24.8 Å². The van der Waals surface area contributed by atoms with Gasteiger partial charge in [-0.05, 0) is 31.5 Å². The van der Waals surface area contributed by atoms with Gasteiger partial charge in [0.15, 0.2) is 0 Å². The molecule has 116 valence electrons. The first-order valence-corrected chi connectivity index (χ1v) is 6.82. The van der Waals surface area contributed by atoms with Gasteiger partial charge in [-0.15, -0.1) is 24.8 Å². The van der Waals surface area contributed by atoms with Crippen LogP contribution in [0.3, 0.4) is 0 Å². The van der Waals surface area contributed by atoms with Crippen molar-refractivity contribution in [1.29, 1.82) is 0 Å². The Balaban J connectivity index is 0.00000110. The first kappa shape index (κ1) is 17.8. The number of furan rings is 1. The molecule has 0 saturated heterocycles. The van der Waals surface area contributed by atoms with Gasteiger partial charge in [0.05, 0.1) is 24.0 Å². The van der Waals surface area contributed by atoms with Gasteiger partial charge in [0, 0.05) is 16.8 Å².